The van der Waals surface area contributed by atoms with E-state index in [4.69, 9.17) is 9.47 Å². The molecule has 196 valence electrons. The van der Waals surface area contributed by atoms with Gasteiger partial charge in [0.25, 0.3) is 0 Å². The molecule has 5 nitrogen and oxygen atoms in total. The predicted octanol–water partition coefficient (Wildman–Crippen LogP) is 5.85. The third-order valence-corrected chi connectivity index (χ3v) is 7.96. The molecule has 2 aliphatic heterocycles. The predicted molar refractivity (Wildman–Crippen MR) is 152 cm³/mol. The van der Waals surface area contributed by atoms with Crippen LogP contribution in [0.2, 0.25) is 0 Å². The Morgan fingerprint density at radius 3 is 1.41 bits per heavy atom. The third kappa shape index (κ3) is 6.34. The molecule has 0 spiro atoms. The molecular formula is C32H40N2O3. The van der Waals surface area contributed by atoms with Crippen LogP contribution >= 0.6 is 0 Å². The van der Waals surface area contributed by atoms with E-state index >= 15 is 0 Å². The second-order valence-corrected chi connectivity index (χ2v) is 11.5. The van der Waals surface area contributed by atoms with Crippen molar-refractivity contribution in [2.45, 2.75) is 33.6 Å². The molecule has 0 atom stereocenters. The van der Waals surface area contributed by atoms with E-state index < -0.39 is 0 Å². The maximum Gasteiger partial charge on any atom is 0.185 e. The lowest BCUT2D eigenvalue weighted by Gasteiger charge is -2.35. The molecule has 2 aromatic rings. The van der Waals surface area contributed by atoms with Crippen LogP contribution in [0.1, 0.15) is 44.7 Å². The summed E-state index contributed by atoms with van der Waals surface area (Å²) < 4.78 is 11.0. The largest absolute Gasteiger partial charge is 0.378 e. The Kier molecular flexibility index (Phi) is 7.82. The molecule has 0 N–H and O–H groups in total. The fourth-order valence-corrected chi connectivity index (χ4v) is 5.46. The Morgan fingerprint density at radius 1 is 0.676 bits per heavy atom. The molecule has 0 amide bonds. The maximum atomic E-state index is 13.7. The van der Waals surface area contributed by atoms with Crippen molar-refractivity contribution in [2.24, 2.45) is 11.3 Å². The minimum absolute atomic E-state index is 0.124. The number of ketones is 1. The van der Waals surface area contributed by atoms with Gasteiger partial charge in [-0.25, -0.2) is 0 Å². The summed E-state index contributed by atoms with van der Waals surface area (Å²) in [5, 5.41) is 0. The number of morpholine rings is 2. The quantitative estimate of drug-likeness (QED) is 0.493. The number of hydrogen-bond acceptors (Lipinski definition) is 5. The summed E-state index contributed by atoms with van der Waals surface area (Å²) in [5.74, 6) is 0.609. The summed E-state index contributed by atoms with van der Waals surface area (Å²) in [4.78, 5) is 18.4. The van der Waals surface area contributed by atoms with E-state index in [0.717, 1.165) is 87.7 Å². The molecule has 0 bridgehead atoms. The van der Waals surface area contributed by atoms with E-state index in [1.807, 2.05) is 0 Å². The Morgan fingerprint density at radius 2 is 1.05 bits per heavy atom. The van der Waals surface area contributed by atoms with E-state index in [9.17, 15) is 4.79 Å². The molecule has 0 radical (unpaired) electrons. The second kappa shape index (κ2) is 11.2. The standard InChI is InChI=1S/C32H40N2O3/c1-32(2,3)28-22-26(20-24-4-8-29(9-5-24)33-12-16-36-17-13-33)31(35)27(23-28)21-25-6-10-30(11-7-25)34-14-18-37-19-15-34/h4-11,20-21,28H,12-19,22-23H2,1-3H3/b26-20+,27-21+. The van der Waals surface area contributed by atoms with Gasteiger partial charge in [0.15, 0.2) is 5.78 Å². The highest BCUT2D eigenvalue weighted by Gasteiger charge is 2.34. The molecule has 0 aromatic heterocycles. The van der Waals surface area contributed by atoms with Gasteiger partial charge in [0.05, 0.1) is 26.4 Å². The van der Waals surface area contributed by atoms with Gasteiger partial charge in [-0.1, -0.05) is 45.0 Å². The lowest BCUT2D eigenvalue weighted by molar-refractivity contribution is -0.113. The third-order valence-electron chi connectivity index (χ3n) is 7.96. The number of anilines is 2. The molecular weight excluding hydrogens is 460 g/mol. The van der Waals surface area contributed by atoms with Crippen LogP contribution in [-0.4, -0.2) is 58.4 Å². The van der Waals surface area contributed by atoms with Crippen molar-refractivity contribution in [3.8, 4) is 0 Å². The number of ether oxygens (including phenoxy) is 2. The summed E-state index contributed by atoms with van der Waals surface area (Å²) in [5.41, 5.74) is 6.57. The summed E-state index contributed by atoms with van der Waals surface area (Å²) in [6.07, 6.45) is 5.86. The minimum atomic E-state index is 0.124. The van der Waals surface area contributed by atoms with Gasteiger partial charge in [0.1, 0.15) is 0 Å². The average molecular weight is 501 g/mol. The second-order valence-electron chi connectivity index (χ2n) is 11.5. The molecule has 5 heteroatoms. The topological polar surface area (TPSA) is 42.0 Å². The number of allylic oxidation sites excluding steroid dienone is 2. The smallest absolute Gasteiger partial charge is 0.185 e. The molecule has 37 heavy (non-hydrogen) atoms. The van der Waals surface area contributed by atoms with Crippen LogP contribution in [0.25, 0.3) is 12.2 Å². The van der Waals surface area contributed by atoms with Crippen LogP contribution in [0.15, 0.2) is 59.7 Å². The van der Waals surface area contributed by atoms with Crippen LogP contribution < -0.4 is 9.80 Å². The average Bonchev–Trinajstić information content (AvgIpc) is 2.92. The van der Waals surface area contributed by atoms with E-state index in [0.29, 0.717) is 5.92 Å². The number of Topliss-reactive ketones (excluding diaryl/α,β-unsaturated/α-hetero) is 1. The van der Waals surface area contributed by atoms with Gasteiger partial charge >= 0.3 is 0 Å². The lowest BCUT2D eigenvalue weighted by atomic mass is 9.68. The first-order valence-corrected chi connectivity index (χ1v) is 13.7. The van der Waals surface area contributed by atoms with E-state index in [1.54, 1.807) is 0 Å². The van der Waals surface area contributed by atoms with E-state index in [2.05, 4.69) is 91.3 Å². The van der Waals surface area contributed by atoms with Crippen molar-refractivity contribution in [3.05, 3.63) is 70.8 Å². The highest BCUT2D eigenvalue weighted by atomic mass is 16.5. The number of carbonyl (C=O) groups is 1. The number of rotatable bonds is 4. The minimum Gasteiger partial charge on any atom is -0.378 e. The Labute approximate surface area is 221 Å². The molecule has 2 heterocycles. The molecule has 3 fully saturated rings. The molecule has 2 aromatic carbocycles. The van der Waals surface area contributed by atoms with Gasteiger partial charge in [-0.15, -0.1) is 0 Å². The molecule has 1 aliphatic carbocycles. The van der Waals surface area contributed by atoms with Crippen molar-refractivity contribution in [1.29, 1.82) is 0 Å². The fourth-order valence-electron chi connectivity index (χ4n) is 5.46. The van der Waals surface area contributed by atoms with Crippen LogP contribution in [0.4, 0.5) is 11.4 Å². The first-order valence-electron chi connectivity index (χ1n) is 13.7. The highest BCUT2D eigenvalue weighted by Crippen LogP contribution is 2.42. The Bertz CT molecular complexity index is 1050. The highest BCUT2D eigenvalue weighted by molar-refractivity contribution is 6.14. The molecule has 3 aliphatic rings. The monoisotopic (exact) mass is 500 g/mol. The van der Waals surface area contributed by atoms with E-state index in [-0.39, 0.29) is 11.2 Å². The van der Waals surface area contributed by atoms with Crippen molar-refractivity contribution in [3.63, 3.8) is 0 Å². The molecule has 5 rings (SSSR count). The van der Waals surface area contributed by atoms with E-state index in [1.165, 1.54) is 11.4 Å². The zero-order valence-corrected chi connectivity index (χ0v) is 22.5. The van der Waals surface area contributed by atoms with Gasteiger partial charge in [0.2, 0.25) is 0 Å². The van der Waals surface area contributed by atoms with Crippen molar-refractivity contribution >= 4 is 29.3 Å². The van der Waals surface area contributed by atoms with Crippen LogP contribution in [0.3, 0.4) is 0 Å². The summed E-state index contributed by atoms with van der Waals surface area (Å²) in [6, 6.07) is 17.2. The number of carbonyl (C=O) groups excluding carboxylic acids is 1. The molecule has 0 unspecified atom stereocenters. The van der Waals surface area contributed by atoms with Gasteiger partial charge in [-0.3, -0.25) is 4.79 Å². The molecule has 2 saturated heterocycles. The van der Waals surface area contributed by atoms with Gasteiger partial charge in [-0.05, 0) is 71.7 Å². The van der Waals surface area contributed by atoms with Crippen molar-refractivity contribution in [1.82, 2.24) is 0 Å². The van der Waals surface area contributed by atoms with Crippen molar-refractivity contribution < 1.29 is 14.3 Å². The molecule has 1 saturated carbocycles. The maximum absolute atomic E-state index is 13.7. The fraction of sp³-hybridized carbons (Fsp3) is 0.469. The van der Waals surface area contributed by atoms with Gasteiger partial charge < -0.3 is 19.3 Å². The van der Waals surface area contributed by atoms with Crippen LogP contribution in [-0.2, 0) is 14.3 Å². The summed E-state index contributed by atoms with van der Waals surface area (Å²) in [7, 11) is 0. The van der Waals surface area contributed by atoms with Crippen LogP contribution in [0, 0.1) is 11.3 Å². The Hall–Kier alpha value is -2.89. The van der Waals surface area contributed by atoms with Gasteiger partial charge in [0, 0.05) is 48.7 Å². The Balaban J connectivity index is 1.37. The van der Waals surface area contributed by atoms with Crippen LogP contribution in [0.5, 0.6) is 0 Å². The first-order chi connectivity index (χ1) is 17.9. The summed E-state index contributed by atoms with van der Waals surface area (Å²) in [6.45, 7) is 13.7. The zero-order valence-electron chi connectivity index (χ0n) is 22.5. The zero-order chi connectivity index (χ0) is 25.8. The lowest BCUT2D eigenvalue weighted by Crippen LogP contribution is -2.36. The number of hydrogen-bond donors (Lipinski definition) is 0. The van der Waals surface area contributed by atoms with Crippen molar-refractivity contribution in [2.75, 3.05) is 62.4 Å². The summed E-state index contributed by atoms with van der Waals surface area (Å²) >= 11 is 0. The first kappa shape index (κ1) is 25.7. The normalized spacial score (nSPS) is 23.6. The van der Waals surface area contributed by atoms with Gasteiger partial charge in [-0.2, -0.15) is 0 Å². The number of benzene rings is 2. The SMILES string of the molecule is CC(C)(C)C1C/C(=C\c2ccc(N3CCOCC3)cc2)C(=O)/C(=C/c2ccc(N3CCOCC3)cc2)C1. The number of nitrogens with zero attached hydrogens (tertiary/aromatic N) is 2.